The maximum atomic E-state index is 13.0. The highest BCUT2D eigenvalue weighted by Crippen LogP contribution is 2.57. The number of carbonyl (C=O) groups excluding carboxylic acids is 2. The monoisotopic (exact) mass is 564 g/mol. The first-order valence-corrected chi connectivity index (χ1v) is 14.0. The molecule has 0 aromatic heterocycles. The van der Waals surface area contributed by atoms with Gasteiger partial charge in [0.15, 0.2) is 0 Å². The third-order valence-electron chi connectivity index (χ3n) is 10.5. The van der Waals surface area contributed by atoms with Crippen molar-refractivity contribution in [2.75, 3.05) is 10.6 Å². The number of hydrogen-bond acceptors (Lipinski definition) is 5. The summed E-state index contributed by atoms with van der Waals surface area (Å²) >= 11 is 0. The van der Waals surface area contributed by atoms with E-state index in [9.17, 15) is 29.4 Å². The van der Waals surface area contributed by atoms with Crippen LogP contribution in [0.3, 0.4) is 0 Å². The first-order chi connectivity index (χ1) is 19.0. The van der Waals surface area contributed by atoms with E-state index in [1.165, 1.54) is 0 Å². The summed E-state index contributed by atoms with van der Waals surface area (Å²) in [6.45, 7) is 10.8. The molecule has 4 N–H and O–H groups in total. The van der Waals surface area contributed by atoms with Crippen molar-refractivity contribution in [3.8, 4) is 11.5 Å². The summed E-state index contributed by atoms with van der Waals surface area (Å²) in [4.78, 5) is 49.7. The number of anilines is 2. The minimum absolute atomic E-state index is 0.195. The molecule has 2 aliphatic rings. The van der Waals surface area contributed by atoms with Gasteiger partial charge in [0, 0.05) is 23.2 Å². The number of hydrogen-bond donors (Lipinski definition) is 4. The number of rotatable bonds is 8. The first-order valence-electron chi connectivity index (χ1n) is 14.0. The van der Waals surface area contributed by atoms with E-state index < -0.39 is 45.4 Å². The van der Waals surface area contributed by atoms with Crippen LogP contribution >= 0.6 is 0 Å². The minimum Gasteiger partial charge on any atom is -0.481 e. The van der Waals surface area contributed by atoms with Crippen LogP contribution in [0.25, 0.3) is 0 Å². The molecule has 2 aromatic rings. The molecule has 0 saturated heterocycles. The molecule has 0 radical (unpaired) electrons. The van der Waals surface area contributed by atoms with Gasteiger partial charge < -0.3 is 25.6 Å². The van der Waals surface area contributed by atoms with Crippen LogP contribution in [0.2, 0.25) is 0 Å². The van der Waals surface area contributed by atoms with Crippen LogP contribution < -0.4 is 15.4 Å². The molecule has 2 aliphatic carbocycles. The van der Waals surface area contributed by atoms with Gasteiger partial charge in [0.2, 0.25) is 11.8 Å². The van der Waals surface area contributed by atoms with Gasteiger partial charge in [-0.3, -0.25) is 19.2 Å². The molecule has 4 atom stereocenters. The van der Waals surface area contributed by atoms with Crippen molar-refractivity contribution in [2.24, 2.45) is 33.5 Å². The number of carboxylic acid groups (broad SMARTS) is 2. The van der Waals surface area contributed by atoms with Crippen LogP contribution in [-0.4, -0.2) is 34.0 Å². The lowest BCUT2D eigenvalue weighted by molar-refractivity contribution is -0.156. The Balaban J connectivity index is 1.33. The van der Waals surface area contributed by atoms with Crippen LogP contribution in [0.4, 0.5) is 11.4 Å². The molecule has 41 heavy (non-hydrogen) atoms. The Hall–Kier alpha value is -3.88. The van der Waals surface area contributed by atoms with Gasteiger partial charge >= 0.3 is 11.9 Å². The zero-order chi connectivity index (χ0) is 30.4. The molecule has 9 nitrogen and oxygen atoms in total. The van der Waals surface area contributed by atoms with Gasteiger partial charge in [-0.25, -0.2) is 0 Å². The largest absolute Gasteiger partial charge is 0.481 e. The number of aliphatic carboxylic acids is 2. The molecule has 0 spiro atoms. The maximum absolute atomic E-state index is 13.0. The van der Waals surface area contributed by atoms with Crippen molar-refractivity contribution < 1.29 is 34.1 Å². The van der Waals surface area contributed by atoms with Gasteiger partial charge in [-0.15, -0.1) is 0 Å². The van der Waals surface area contributed by atoms with E-state index in [4.69, 9.17) is 4.74 Å². The SMILES string of the molecule is CC1(C)[C@@H](C(=O)Nc2ccc(Oc3ccc(NC(=O)[C@H]4CC[C@](C)(C(=O)O)C4(C)C)cc3)cc2)CC[C@@]1(C)C(=O)O. The third kappa shape index (κ3) is 5.18. The summed E-state index contributed by atoms with van der Waals surface area (Å²) in [7, 11) is 0. The second-order valence-corrected chi connectivity index (χ2v) is 13.0. The molecule has 220 valence electrons. The van der Waals surface area contributed by atoms with Crippen LogP contribution in [0.15, 0.2) is 48.5 Å². The predicted molar refractivity (Wildman–Crippen MR) is 155 cm³/mol. The summed E-state index contributed by atoms with van der Waals surface area (Å²) in [5.41, 5.74) is -2.11. The van der Waals surface area contributed by atoms with Gasteiger partial charge in [-0.05, 0) is 98.9 Å². The third-order valence-corrected chi connectivity index (χ3v) is 10.5. The Kier molecular flexibility index (Phi) is 7.71. The lowest BCUT2D eigenvalue weighted by atomic mass is 9.65. The second kappa shape index (κ2) is 10.5. The van der Waals surface area contributed by atoms with E-state index in [1.807, 2.05) is 27.7 Å². The molecular weight excluding hydrogens is 524 g/mol. The van der Waals surface area contributed by atoms with Crippen molar-refractivity contribution in [3.05, 3.63) is 48.5 Å². The molecule has 2 fully saturated rings. The van der Waals surface area contributed by atoms with Crippen molar-refractivity contribution in [1.29, 1.82) is 0 Å². The maximum Gasteiger partial charge on any atom is 0.309 e. The van der Waals surface area contributed by atoms with E-state index in [0.29, 0.717) is 48.6 Å². The van der Waals surface area contributed by atoms with E-state index >= 15 is 0 Å². The topological polar surface area (TPSA) is 142 Å². The Bertz CT molecular complexity index is 1250. The number of nitrogens with one attached hydrogen (secondary N) is 2. The van der Waals surface area contributed by atoms with E-state index in [1.54, 1.807) is 62.4 Å². The number of benzene rings is 2. The summed E-state index contributed by atoms with van der Waals surface area (Å²) < 4.78 is 5.92. The van der Waals surface area contributed by atoms with Crippen LogP contribution in [0.1, 0.15) is 67.2 Å². The molecule has 2 aromatic carbocycles. The molecule has 0 bridgehead atoms. The van der Waals surface area contributed by atoms with Gasteiger partial charge in [0.05, 0.1) is 10.8 Å². The molecule has 4 rings (SSSR count). The quantitative estimate of drug-likeness (QED) is 0.290. The molecule has 0 aliphatic heterocycles. The van der Waals surface area contributed by atoms with Gasteiger partial charge in [-0.2, -0.15) is 0 Å². The smallest absolute Gasteiger partial charge is 0.309 e. The van der Waals surface area contributed by atoms with Crippen molar-refractivity contribution >= 4 is 35.1 Å². The number of carboxylic acids is 2. The fourth-order valence-corrected chi connectivity index (χ4v) is 6.49. The fourth-order valence-electron chi connectivity index (χ4n) is 6.49. The number of amides is 2. The van der Waals surface area contributed by atoms with Crippen molar-refractivity contribution in [1.82, 2.24) is 0 Å². The summed E-state index contributed by atoms with van der Waals surface area (Å²) in [5.74, 6) is -1.87. The van der Waals surface area contributed by atoms with E-state index in [2.05, 4.69) is 10.6 Å². The molecule has 2 saturated carbocycles. The van der Waals surface area contributed by atoms with Crippen LogP contribution in [0, 0.1) is 33.5 Å². The van der Waals surface area contributed by atoms with Gasteiger partial charge in [-0.1, -0.05) is 27.7 Å². The lowest BCUT2D eigenvalue weighted by Crippen LogP contribution is -2.43. The molecule has 0 unspecified atom stereocenters. The normalized spacial score (nSPS) is 28.0. The van der Waals surface area contributed by atoms with Crippen LogP contribution in [0.5, 0.6) is 11.5 Å². The molecule has 9 heteroatoms. The first kappa shape index (κ1) is 30.1. The summed E-state index contributed by atoms with van der Waals surface area (Å²) in [5, 5.41) is 25.3. The van der Waals surface area contributed by atoms with Gasteiger partial charge in [0.1, 0.15) is 11.5 Å². The summed E-state index contributed by atoms with van der Waals surface area (Å²) in [6.07, 6.45) is 1.93. The average Bonchev–Trinajstić information content (AvgIpc) is 3.30. The Morgan fingerprint density at radius 3 is 1.22 bits per heavy atom. The highest BCUT2D eigenvalue weighted by atomic mass is 16.5. The Morgan fingerprint density at radius 1 is 0.634 bits per heavy atom. The van der Waals surface area contributed by atoms with E-state index in [-0.39, 0.29) is 11.8 Å². The number of carbonyl (C=O) groups is 4. The van der Waals surface area contributed by atoms with E-state index in [0.717, 1.165) is 0 Å². The highest BCUT2D eigenvalue weighted by Gasteiger charge is 2.59. The van der Waals surface area contributed by atoms with Gasteiger partial charge in [0.25, 0.3) is 0 Å². The molecular formula is C32H40N2O7. The second-order valence-electron chi connectivity index (χ2n) is 13.0. The molecule has 2 amide bonds. The standard InChI is InChI=1S/C32H40N2O7/c1-29(2)23(15-17-31(29,5)27(37)38)25(35)33-19-7-11-21(12-8-19)41-22-13-9-20(10-14-22)34-26(36)24-16-18-32(6,28(39)40)30(24,3)4/h7-14,23-24H,15-18H2,1-6H3,(H,33,35)(H,34,36)(H,37,38)(H,39,40)/t23-,24-,31-,32+/m1/s1. The molecule has 0 heterocycles. The highest BCUT2D eigenvalue weighted by molar-refractivity contribution is 5.95. The number of ether oxygens (including phenoxy) is 1. The van der Waals surface area contributed by atoms with Crippen molar-refractivity contribution in [2.45, 2.75) is 67.2 Å². The Morgan fingerprint density at radius 2 is 0.951 bits per heavy atom. The zero-order valence-corrected chi connectivity index (χ0v) is 24.5. The minimum atomic E-state index is -0.958. The summed E-state index contributed by atoms with van der Waals surface area (Å²) in [6, 6.07) is 13.8. The fraction of sp³-hybridized carbons (Fsp3) is 0.500. The zero-order valence-electron chi connectivity index (χ0n) is 24.5. The Labute approximate surface area is 240 Å². The van der Waals surface area contributed by atoms with Crippen LogP contribution in [-0.2, 0) is 19.2 Å². The van der Waals surface area contributed by atoms with Crippen molar-refractivity contribution in [3.63, 3.8) is 0 Å². The lowest BCUT2D eigenvalue weighted by Gasteiger charge is -2.37. The average molecular weight is 565 g/mol. The predicted octanol–water partition coefficient (Wildman–Crippen LogP) is 6.41.